The van der Waals surface area contributed by atoms with Crippen LogP contribution in [0.3, 0.4) is 0 Å². The highest BCUT2D eigenvalue weighted by Gasteiger charge is 2.24. The highest BCUT2D eigenvalue weighted by Crippen LogP contribution is 2.14. The van der Waals surface area contributed by atoms with Crippen LogP contribution < -0.4 is 11.1 Å². The first kappa shape index (κ1) is 11.9. The van der Waals surface area contributed by atoms with Crippen LogP contribution in [0.1, 0.15) is 47.0 Å². The summed E-state index contributed by atoms with van der Waals surface area (Å²) in [6.45, 7) is 9.56. The Morgan fingerprint density at radius 1 is 1.25 bits per heavy atom. The summed E-state index contributed by atoms with van der Waals surface area (Å²) in [7, 11) is 0. The Morgan fingerprint density at radius 3 is 2.00 bits per heavy atom. The standard InChI is InChI=1S/C10H24N2/c1-5-9(4)12-10(6-2,7-3)8-11/h9,12H,5-8,11H2,1-4H3. The van der Waals surface area contributed by atoms with Gasteiger partial charge in [0, 0.05) is 18.1 Å². The van der Waals surface area contributed by atoms with Gasteiger partial charge in [-0.15, -0.1) is 0 Å². The summed E-state index contributed by atoms with van der Waals surface area (Å²) < 4.78 is 0. The molecule has 0 fully saturated rings. The zero-order valence-corrected chi connectivity index (χ0v) is 8.98. The number of rotatable bonds is 6. The molecule has 0 rings (SSSR count). The third-order valence-corrected chi connectivity index (χ3v) is 2.91. The van der Waals surface area contributed by atoms with E-state index in [0.717, 1.165) is 19.4 Å². The molecule has 0 bridgehead atoms. The molecule has 0 saturated carbocycles. The fourth-order valence-electron chi connectivity index (χ4n) is 1.43. The van der Waals surface area contributed by atoms with E-state index in [1.807, 2.05) is 0 Å². The van der Waals surface area contributed by atoms with E-state index in [1.165, 1.54) is 6.42 Å². The van der Waals surface area contributed by atoms with Gasteiger partial charge in [0.2, 0.25) is 0 Å². The van der Waals surface area contributed by atoms with Crippen LogP contribution in [-0.2, 0) is 0 Å². The molecular formula is C10H24N2. The van der Waals surface area contributed by atoms with E-state index in [9.17, 15) is 0 Å². The van der Waals surface area contributed by atoms with Crippen molar-refractivity contribution in [3.05, 3.63) is 0 Å². The van der Waals surface area contributed by atoms with Crippen molar-refractivity contribution in [3.8, 4) is 0 Å². The summed E-state index contributed by atoms with van der Waals surface area (Å²) in [5.74, 6) is 0. The third kappa shape index (κ3) is 3.11. The molecule has 0 radical (unpaired) electrons. The van der Waals surface area contributed by atoms with Gasteiger partial charge in [-0.3, -0.25) is 0 Å². The molecule has 0 saturated heterocycles. The van der Waals surface area contributed by atoms with E-state index in [0.29, 0.717) is 6.04 Å². The van der Waals surface area contributed by atoms with Gasteiger partial charge in [-0.1, -0.05) is 20.8 Å². The van der Waals surface area contributed by atoms with Gasteiger partial charge in [0.05, 0.1) is 0 Å². The van der Waals surface area contributed by atoms with E-state index in [-0.39, 0.29) is 5.54 Å². The van der Waals surface area contributed by atoms with Crippen molar-refractivity contribution < 1.29 is 0 Å². The molecule has 0 aromatic carbocycles. The van der Waals surface area contributed by atoms with Crippen molar-refractivity contribution in [1.82, 2.24) is 5.32 Å². The Balaban J connectivity index is 4.09. The van der Waals surface area contributed by atoms with Gasteiger partial charge in [-0.25, -0.2) is 0 Å². The zero-order chi connectivity index (χ0) is 9.61. The highest BCUT2D eigenvalue weighted by atomic mass is 15.0. The molecule has 1 atom stereocenters. The maximum atomic E-state index is 5.77. The Bertz CT molecular complexity index is 100. The van der Waals surface area contributed by atoms with Crippen LogP contribution in [0.15, 0.2) is 0 Å². The number of hydrogen-bond donors (Lipinski definition) is 2. The van der Waals surface area contributed by atoms with Crippen molar-refractivity contribution in [2.45, 2.75) is 58.5 Å². The lowest BCUT2D eigenvalue weighted by atomic mass is 9.92. The Labute approximate surface area is 76.9 Å². The van der Waals surface area contributed by atoms with Crippen LogP contribution >= 0.6 is 0 Å². The predicted molar refractivity (Wildman–Crippen MR) is 55.3 cm³/mol. The van der Waals surface area contributed by atoms with Crippen molar-refractivity contribution in [2.24, 2.45) is 5.73 Å². The molecule has 0 aromatic rings. The maximum Gasteiger partial charge on any atom is 0.0301 e. The average molecular weight is 172 g/mol. The molecule has 3 N–H and O–H groups in total. The lowest BCUT2D eigenvalue weighted by Gasteiger charge is -2.34. The first-order valence-corrected chi connectivity index (χ1v) is 5.11. The first-order chi connectivity index (χ1) is 5.64. The van der Waals surface area contributed by atoms with Gasteiger partial charge in [0.1, 0.15) is 0 Å². The Kier molecular flexibility index (Phi) is 5.51. The summed E-state index contributed by atoms with van der Waals surface area (Å²) in [6, 6.07) is 0.577. The fraction of sp³-hybridized carbons (Fsp3) is 1.00. The molecule has 0 spiro atoms. The van der Waals surface area contributed by atoms with Crippen molar-refractivity contribution in [1.29, 1.82) is 0 Å². The van der Waals surface area contributed by atoms with Gasteiger partial charge in [0.15, 0.2) is 0 Å². The van der Waals surface area contributed by atoms with Crippen LogP contribution in [0.25, 0.3) is 0 Å². The van der Waals surface area contributed by atoms with Crippen LogP contribution in [0.5, 0.6) is 0 Å². The summed E-state index contributed by atoms with van der Waals surface area (Å²) >= 11 is 0. The van der Waals surface area contributed by atoms with Gasteiger partial charge in [0.25, 0.3) is 0 Å². The summed E-state index contributed by atoms with van der Waals surface area (Å²) in [5.41, 5.74) is 5.95. The largest absolute Gasteiger partial charge is 0.329 e. The normalized spacial score (nSPS) is 14.8. The third-order valence-electron chi connectivity index (χ3n) is 2.91. The van der Waals surface area contributed by atoms with Gasteiger partial charge in [-0.05, 0) is 26.2 Å². The van der Waals surface area contributed by atoms with Crippen molar-refractivity contribution >= 4 is 0 Å². The summed E-state index contributed by atoms with van der Waals surface area (Å²) in [4.78, 5) is 0. The molecule has 0 aliphatic carbocycles. The summed E-state index contributed by atoms with van der Waals surface area (Å²) in [6.07, 6.45) is 3.40. The Hall–Kier alpha value is -0.0800. The molecule has 12 heavy (non-hydrogen) atoms. The van der Waals surface area contributed by atoms with Crippen molar-refractivity contribution in [2.75, 3.05) is 6.54 Å². The smallest absolute Gasteiger partial charge is 0.0301 e. The summed E-state index contributed by atoms with van der Waals surface area (Å²) in [5, 5.41) is 3.60. The number of nitrogens with one attached hydrogen (secondary N) is 1. The second-order valence-corrected chi connectivity index (χ2v) is 3.65. The number of hydrogen-bond acceptors (Lipinski definition) is 2. The molecule has 0 aromatic heterocycles. The van der Waals surface area contributed by atoms with Crippen molar-refractivity contribution in [3.63, 3.8) is 0 Å². The quantitative estimate of drug-likeness (QED) is 0.642. The monoisotopic (exact) mass is 172 g/mol. The lowest BCUT2D eigenvalue weighted by Crippen LogP contribution is -2.53. The van der Waals surface area contributed by atoms with Crippen LogP contribution in [0.2, 0.25) is 0 Å². The molecule has 2 heteroatoms. The fourth-order valence-corrected chi connectivity index (χ4v) is 1.43. The van der Waals surface area contributed by atoms with E-state index in [1.54, 1.807) is 0 Å². The van der Waals surface area contributed by atoms with E-state index < -0.39 is 0 Å². The lowest BCUT2D eigenvalue weighted by molar-refractivity contribution is 0.275. The highest BCUT2D eigenvalue weighted by molar-refractivity contribution is 4.88. The van der Waals surface area contributed by atoms with Crippen LogP contribution in [0.4, 0.5) is 0 Å². The van der Waals surface area contributed by atoms with E-state index >= 15 is 0 Å². The van der Waals surface area contributed by atoms with Crippen LogP contribution in [-0.4, -0.2) is 18.1 Å². The molecule has 0 aliphatic heterocycles. The SMILES string of the molecule is CCC(C)NC(CC)(CC)CN. The van der Waals surface area contributed by atoms with E-state index in [4.69, 9.17) is 5.73 Å². The van der Waals surface area contributed by atoms with Gasteiger partial charge in [-0.2, -0.15) is 0 Å². The minimum absolute atomic E-state index is 0.176. The molecule has 0 heterocycles. The molecule has 1 unspecified atom stereocenters. The average Bonchev–Trinajstić information content (AvgIpc) is 2.14. The van der Waals surface area contributed by atoms with Gasteiger partial charge < -0.3 is 11.1 Å². The zero-order valence-electron chi connectivity index (χ0n) is 8.98. The Morgan fingerprint density at radius 2 is 1.75 bits per heavy atom. The second kappa shape index (κ2) is 5.55. The van der Waals surface area contributed by atoms with Crippen LogP contribution in [0, 0.1) is 0 Å². The van der Waals surface area contributed by atoms with E-state index in [2.05, 4.69) is 33.0 Å². The topological polar surface area (TPSA) is 38.0 Å². The minimum atomic E-state index is 0.176. The molecule has 2 nitrogen and oxygen atoms in total. The maximum absolute atomic E-state index is 5.77. The first-order valence-electron chi connectivity index (χ1n) is 5.11. The molecule has 0 aliphatic rings. The number of nitrogens with two attached hydrogens (primary N) is 1. The van der Waals surface area contributed by atoms with Gasteiger partial charge >= 0.3 is 0 Å². The molecule has 74 valence electrons. The second-order valence-electron chi connectivity index (χ2n) is 3.65. The predicted octanol–water partition coefficient (Wildman–Crippen LogP) is 1.89. The molecule has 0 amide bonds. The molecular weight excluding hydrogens is 148 g/mol. The minimum Gasteiger partial charge on any atom is -0.329 e.